The third-order valence-electron chi connectivity index (χ3n) is 3.17. The van der Waals surface area contributed by atoms with Crippen LogP contribution in [-0.4, -0.2) is 43.5 Å². The predicted molar refractivity (Wildman–Crippen MR) is 96.9 cm³/mol. The molecule has 1 aliphatic heterocycles. The highest BCUT2D eigenvalue weighted by molar-refractivity contribution is 9.10. The molecule has 2 rings (SSSR count). The van der Waals surface area contributed by atoms with E-state index in [4.69, 9.17) is 4.74 Å². The van der Waals surface area contributed by atoms with Crippen LogP contribution < -0.4 is 10.6 Å². The molecule has 1 aromatic carbocycles. The number of hydrogen-bond donors (Lipinski definition) is 2. The van der Waals surface area contributed by atoms with Crippen LogP contribution in [0.1, 0.15) is 13.3 Å². The maximum atomic E-state index is 11.9. The number of carbonyl (C=O) groups excluding carboxylic acids is 1. The molecule has 0 saturated carbocycles. The summed E-state index contributed by atoms with van der Waals surface area (Å²) in [6.45, 7) is 4.98. The second-order valence-corrected chi connectivity index (χ2v) is 7.54. The molecule has 2 N–H and O–H groups in total. The van der Waals surface area contributed by atoms with Crippen LogP contribution in [0, 0.1) is 0 Å². The van der Waals surface area contributed by atoms with Crippen molar-refractivity contribution >= 4 is 46.0 Å². The molecule has 0 aromatic heterocycles. The van der Waals surface area contributed by atoms with E-state index >= 15 is 0 Å². The molecule has 1 amide bonds. The third-order valence-corrected chi connectivity index (χ3v) is 4.81. The molecule has 0 bridgehead atoms. The van der Waals surface area contributed by atoms with E-state index in [0.717, 1.165) is 17.6 Å². The van der Waals surface area contributed by atoms with Gasteiger partial charge < -0.3 is 15.4 Å². The Hall–Kier alpha value is -0.270. The minimum atomic E-state index is 0. The Kier molecular flexibility index (Phi) is 9.43. The van der Waals surface area contributed by atoms with Crippen LogP contribution in [0.5, 0.6) is 0 Å². The van der Waals surface area contributed by atoms with Crippen LogP contribution in [0.2, 0.25) is 0 Å². The summed E-state index contributed by atoms with van der Waals surface area (Å²) in [5, 5.41) is 6.62. The van der Waals surface area contributed by atoms with E-state index in [0.29, 0.717) is 24.8 Å². The molecule has 1 aromatic rings. The highest BCUT2D eigenvalue weighted by atomic mass is 79.9. The Bertz CT molecular complexity index is 455. The van der Waals surface area contributed by atoms with Gasteiger partial charge in [-0.1, -0.05) is 22.9 Å². The molecule has 2 atom stereocenters. The van der Waals surface area contributed by atoms with Crippen LogP contribution in [0.4, 0.5) is 0 Å². The van der Waals surface area contributed by atoms with Crippen molar-refractivity contribution in [3.05, 3.63) is 28.7 Å². The highest BCUT2D eigenvalue weighted by Gasteiger charge is 2.17. The zero-order chi connectivity index (χ0) is 15.1. The molecular formula is C15H22BrClN2O2S. The molecule has 1 saturated heterocycles. The highest BCUT2D eigenvalue weighted by Crippen LogP contribution is 2.24. The molecule has 1 fully saturated rings. The van der Waals surface area contributed by atoms with E-state index < -0.39 is 0 Å². The monoisotopic (exact) mass is 408 g/mol. The summed E-state index contributed by atoms with van der Waals surface area (Å²) < 4.78 is 6.43. The van der Waals surface area contributed by atoms with E-state index in [1.54, 1.807) is 11.8 Å². The van der Waals surface area contributed by atoms with E-state index in [1.807, 2.05) is 12.1 Å². The van der Waals surface area contributed by atoms with Crippen LogP contribution >= 0.6 is 40.1 Å². The second-order valence-electron chi connectivity index (χ2n) is 5.12. The lowest BCUT2D eigenvalue weighted by Gasteiger charge is -2.23. The van der Waals surface area contributed by atoms with Gasteiger partial charge in [-0.2, -0.15) is 0 Å². The first-order chi connectivity index (χ1) is 10.1. The number of rotatable bonds is 6. The molecular weight excluding hydrogens is 388 g/mol. The van der Waals surface area contributed by atoms with Gasteiger partial charge in [-0.3, -0.25) is 4.79 Å². The van der Waals surface area contributed by atoms with Crippen LogP contribution in [0.25, 0.3) is 0 Å². The zero-order valence-electron chi connectivity index (χ0n) is 12.5. The third kappa shape index (κ3) is 7.33. The maximum Gasteiger partial charge on any atom is 0.221 e. The lowest BCUT2D eigenvalue weighted by Crippen LogP contribution is -2.44. The van der Waals surface area contributed by atoms with Gasteiger partial charge in [0.1, 0.15) is 0 Å². The first kappa shape index (κ1) is 19.8. The molecule has 0 radical (unpaired) electrons. The largest absolute Gasteiger partial charge is 0.378 e. The van der Waals surface area contributed by atoms with Crippen molar-refractivity contribution in [2.24, 2.45) is 0 Å². The minimum Gasteiger partial charge on any atom is -0.378 e. The van der Waals surface area contributed by atoms with Gasteiger partial charge in [0.15, 0.2) is 0 Å². The lowest BCUT2D eigenvalue weighted by molar-refractivity contribution is -0.122. The zero-order valence-corrected chi connectivity index (χ0v) is 15.7. The Morgan fingerprint density at radius 1 is 1.50 bits per heavy atom. The topological polar surface area (TPSA) is 50.4 Å². The van der Waals surface area contributed by atoms with Gasteiger partial charge >= 0.3 is 0 Å². The molecule has 1 heterocycles. The Morgan fingerprint density at radius 3 is 2.86 bits per heavy atom. The number of benzene rings is 1. The molecule has 0 aliphatic carbocycles. The van der Waals surface area contributed by atoms with E-state index in [9.17, 15) is 4.79 Å². The van der Waals surface area contributed by atoms with Gasteiger partial charge in [0.2, 0.25) is 5.91 Å². The van der Waals surface area contributed by atoms with Crippen molar-refractivity contribution < 1.29 is 9.53 Å². The number of hydrogen-bond acceptors (Lipinski definition) is 4. The number of halogens is 2. The SMILES string of the molecule is CC(CNC(=O)CC1COCCN1)Sc1ccc(Br)cc1.Cl. The van der Waals surface area contributed by atoms with Crippen LogP contribution in [0.15, 0.2) is 33.6 Å². The smallest absolute Gasteiger partial charge is 0.221 e. The minimum absolute atomic E-state index is 0. The molecule has 4 nitrogen and oxygen atoms in total. The summed E-state index contributed by atoms with van der Waals surface area (Å²) >= 11 is 5.19. The summed E-state index contributed by atoms with van der Waals surface area (Å²) in [6.07, 6.45) is 0.482. The van der Waals surface area contributed by atoms with E-state index in [1.165, 1.54) is 4.90 Å². The van der Waals surface area contributed by atoms with Crippen molar-refractivity contribution in [1.82, 2.24) is 10.6 Å². The molecule has 0 spiro atoms. The fraction of sp³-hybridized carbons (Fsp3) is 0.533. The Labute approximate surface area is 150 Å². The summed E-state index contributed by atoms with van der Waals surface area (Å²) in [7, 11) is 0. The van der Waals surface area contributed by atoms with Crippen molar-refractivity contribution in [3.8, 4) is 0 Å². The average molecular weight is 410 g/mol. The number of morpholine rings is 1. The fourth-order valence-corrected chi connectivity index (χ4v) is 3.28. The maximum absolute atomic E-state index is 11.9. The lowest BCUT2D eigenvalue weighted by atomic mass is 10.2. The summed E-state index contributed by atoms with van der Waals surface area (Å²) in [5.41, 5.74) is 0. The fourth-order valence-electron chi connectivity index (χ4n) is 2.09. The van der Waals surface area contributed by atoms with Crippen molar-refractivity contribution in [2.45, 2.75) is 29.5 Å². The van der Waals surface area contributed by atoms with Gasteiger partial charge in [0.05, 0.1) is 13.2 Å². The van der Waals surface area contributed by atoms with Gasteiger partial charge in [-0.05, 0) is 24.3 Å². The number of carbonyl (C=O) groups is 1. The summed E-state index contributed by atoms with van der Waals surface area (Å²) in [6, 6.07) is 8.37. The van der Waals surface area contributed by atoms with Crippen molar-refractivity contribution in [2.75, 3.05) is 26.3 Å². The molecule has 7 heteroatoms. The summed E-state index contributed by atoms with van der Waals surface area (Å²) in [5.74, 6) is 0.0845. The molecule has 22 heavy (non-hydrogen) atoms. The van der Waals surface area contributed by atoms with Crippen molar-refractivity contribution in [3.63, 3.8) is 0 Å². The Balaban J connectivity index is 0.00000242. The number of thioether (sulfide) groups is 1. The van der Waals surface area contributed by atoms with Crippen molar-refractivity contribution in [1.29, 1.82) is 0 Å². The standard InChI is InChI=1S/C15H21BrN2O2S.ClH/c1-11(21-14-4-2-12(16)3-5-14)9-18-15(19)8-13-10-20-7-6-17-13;/h2-5,11,13,17H,6-10H2,1H3,(H,18,19);1H. The molecule has 2 unspecified atom stereocenters. The van der Waals surface area contributed by atoms with Gasteiger partial charge in [0.25, 0.3) is 0 Å². The second kappa shape index (κ2) is 10.5. The molecule has 124 valence electrons. The number of ether oxygens (including phenoxy) is 1. The van der Waals surface area contributed by atoms with Crippen LogP contribution in [-0.2, 0) is 9.53 Å². The van der Waals surface area contributed by atoms with Gasteiger partial charge in [-0.25, -0.2) is 0 Å². The molecule has 1 aliphatic rings. The van der Waals surface area contributed by atoms with Gasteiger partial charge in [0, 0.05) is 40.2 Å². The average Bonchev–Trinajstić information content (AvgIpc) is 2.49. The predicted octanol–water partition coefficient (Wildman–Crippen LogP) is 2.85. The van der Waals surface area contributed by atoms with E-state index in [2.05, 4.69) is 45.6 Å². The van der Waals surface area contributed by atoms with Crippen LogP contribution in [0.3, 0.4) is 0 Å². The first-order valence-corrected chi connectivity index (χ1v) is 8.81. The Morgan fingerprint density at radius 2 is 2.23 bits per heavy atom. The number of amides is 1. The normalized spacial score (nSPS) is 19.1. The summed E-state index contributed by atoms with van der Waals surface area (Å²) in [4.78, 5) is 13.1. The quantitative estimate of drug-likeness (QED) is 0.709. The number of nitrogens with one attached hydrogen (secondary N) is 2. The first-order valence-electron chi connectivity index (χ1n) is 7.13. The van der Waals surface area contributed by atoms with E-state index in [-0.39, 0.29) is 24.4 Å². The van der Waals surface area contributed by atoms with Gasteiger partial charge in [-0.15, -0.1) is 24.2 Å².